The van der Waals surface area contributed by atoms with E-state index in [1.807, 2.05) is 24.3 Å². The monoisotopic (exact) mass is 321 g/mol. The molecule has 0 amide bonds. The third-order valence-electron chi connectivity index (χ3n) is 4.66. The maximum absolute atomic E-state index is 10.3. The lowest BCUT2D eigenvalue weighted by Gasteiger charge is -2.34. The van der Waals surface area contributed by atoms with Crippen LogP contribution in [0.1, 0.15) is 44.6 Å². The highest BCUT2D eigenvalue weighted by Crippen LogP contribution is 2.22. The van der Waals surface area contributed by atoms with Crippen LogP contribution < -0.4 is 4.74 Å². The molecule has 0 aromatic heterocycles. The van der Waals surface area contributed by atoms with E-state index in [-0.39, 0.29) is 0 Å². The predicted octanol–water partition coefficient (Wildman–Crippen LogP) is 3.23. The van der Waals surface area contributed by atoms with Gasteiger partial charge in [-0.2, -0.15) is 0 Å². The average Bonchev–Trinajstić information content (AvgIpc) is 2.60. The van der Waals surface area contributed by atoms with Crippen molar-refractivity contribution in [3.63, 3.8) is 0 Å². The smallest absolute Gasteiger partial charge is 0.119 e. The first kappa shape index (κ1) is 18.2. The van der Waals surface area contributed by atoms with Crippen LogP contribution >= 0.6 is 0 Å². The fourth-order valence-electron chi connectivity index (χ4n) is 3.38. The van der Waals surface area contributed by atoms with E-state index in [0.717, 1.165) is 17.9 Å². The molecule has 0 radical (unpaired) electrons. The van der Waals surface area contributed by atoms with Gasteiger partial charge in [-0.3, -0.25) is 4.90 Å². The molecule has 23 heavy (non-hydrogen) atoms. The maximum atomic E-state index is 10.3. The number of hydrogen-bond acceptors (Lipinski definition) is 4. The number of methoxy groups -OCH3 is 1. The molecule has 1 aromatic rings. The average molecular weight is 321 g/mol. The Labute approximate surface area is 140 Å². The molecular weight excluding hydrogens is 290 g/mol. The van der Waals surface area contributed by atoms with Crippen molar-refractivity contribution in [1.82, 2.24) is 4.90 Å². The van der Waals surface area contributed by atoms with E-state index in [9.17, 15) is 5.11 Å². The lowest BCUT2D eigenvalue weighted by Crippen LogP contribution is -2.42. The van der Waals surface area contributed by atoms with E-state index in [0.29, 0.717) is 25.8 Å². The number of ether oxygens (including phenoxy) is 2. The molecular formula is C19H31NO3. The molecule has 2 rings (SSSR count). The molecule has 0 spiro atoms. The van der Waals surface area contributed by atoms with Gasteiger partial charge in [0.2, 0.25) is 0 Å². The standard InChI is InChI=1S/C19H31NO3/c1-3-20(17-9-5-4-6-10-17)13-18(21)15-23-14-16-8-7-11-19(12-16)22-2/h7-8,11-12,17-18,21H,3-6,9-10,13-15H2,1-2H3. The zero-order chi connectivity index (χ0) is 16.5. The molecule has 1 aliphatic rings. The van der Waals surface area contributed by atoms with Gasteiger partial charge < -0.3 is 14.6 Å². The van der Waals surface area contributed by atoms with E-state index >= 15 is 0 Å². The largest absolute Gasteiger partial charge is 0.497 e. The van der Waals surface area contributed by atoms with Crippen LogP contribution in [0.15, 0.2) is 24.3 Å². The van der Waals surface area contributed by atoms with Gasteiger partial charge in [0, 0.05) is 12.6 Å². The number of likely N-dealkylation sites (N-methyl/N-ethyl adjacent to an activating group) is 1. The molecule has 1 saturated carbocycles. The SMILES string of the molecule is CCN(CC(O)COCc1cccc(OC)c1)C1CCCCC1. The van der Waals surface area contributed by atoms with Gasteiger partial charge in [0.1, 0.15) is 5.75 Å². The Morgan fingerprint density at radius 3 is 2.74 bits per heavy atom. The first-order valence-electron chi connectivity index (χ1n) is 8.85. The summed E-state index contributed by atoms with van der Waals surface area (Å²) in [5.74, 6) is 0.834. The van der Waals surface area contributed by atoms with Gasteiger partial charge in [-0.15, -0.1) is 0 Å². The van der Waals surface area contributed by atoms with Crippen LogP contribution in [-0.2, 0) is 11.3 Å². The summed E-state index contributed by atoms with van der Waals surface area (Å²) >= 11 is 0. The quantitative estimate of drug-likeness (QED) is 0.758. The highest BCUT2D eigenvalue weighted by atomic mass is 16.5. The Balaban J connectivity index is 1.71. The van der Waals surface area contributed by atoms with Crippen molar-refractivity contribution >= 4 is 0 Å². The van der Waals surface area contributed by atoms with Gasteiger partial charge in [-0.25, -0.2) is 0 Å². The molecule has 1 aliphatic carbocycles. The Morgan fingerprint density at radius 1 is 1.26 bits per heavy atom. The van der Waals surface area contributed by atoms with E-state index in [1.54, 1.807) is 7.11 Å². The minimum absolute atomic E-state index is 0.375. The number of nitrogens with zero attached hydrogens (tertiary/aromatic N) is 1. The van der Waals surface area contributed by atoms with Crippen LogP contribution in [0.25, 0.3) is 0 Å². The molecule has 0 heterocycles. The number of aliphatic hydroxyl groups excluding tert-OH is 1. The number of rotatable bonds is 9. The highest BCUT2D eigenvalue weighted by molar-refractivity contribution is 5.27. The summed E-state index contributed by atoms with van der Waals surface area (Å²) in [7, 11) is 1.66. The lowest BCUT2D eigenvalue weighted by molar-refractivity contribution is 0.0000200. The summed E-state index contributed by atoms with van der Waals surface area (Å²) in [6.45, 7) is 4.76. The fourth-order valence-corrected chi connectivity index (χ4v) is 3.38. The van der Waals surface area contributed by atoms with Crippen molar-refractivity contribution in [2.24, 2.45) is 0 Å². The van der Waals surface area contributed by atoms with E-state index < -0.39 is 6.10 Å². The van der Waals surface area contributed by atoms with Gasteiger partial charge in [0.15, 0.2) is 0 Å². The van der Waals surface area contributed by atoms with Crippen LogP contribution in [0.5, 0.6) is 5.75 Å². The molecule has 1 aromatic carbocycles. The van der Waals surface area contributed by atoms with Crippen LogP contribution in [0, 0.1) is 0 Å². The summed E-state index contributed by atoms with van der Waals surface area (Å²) < 4.78 is 10.9. The molecule has 4 nitrogen and oxygen atoms in total. The Bertz CT molecular complexity index is 446. The minimum atomic E-state index is -0.428. The molecule has 1 unspecified atom stereocenters. The predicted molar refractivity (Wildman–Crippen MR) is 92.8 cm³/mol. The highest BCUT2D eigenvalue weighted by Gasteiger charge is 2.21. The number of hydrogen-bond donors (Lipinski definition) is 1. The Morgan fingerprint density at radius 2 is 2.04 bits per heavy atom. The van der Waals surface area contributed by atoms with Crippen molar-refractivity contribution in [1.29, 1.82) is 0 Å². The van der Waals surface area contributed by atoms with Crippen molar-refractivity contribution < 1.29 is 14.6 Å². The van der Waals surface area contributed by atoms with Crippen molar-refractivity contribution in [2.75, 3.05) is 26.8 Å². The van der Waals surface area contributed by atoms with Crippen molar-refractivity contribution in [3.8, 4) is 5.75 Å². The van der Waals surface area contributed by atoms with Gasteiger partial charge in [0.25, 0.3) is 0 Å². The molecule has 1 atom stereocenters. The molecule has 1 fully saturated rings. The van der Waals surface area contributed by atoms with Gasteiger partial charge in [-0.1, -0.05) is 38.3 Å². The third kappa shape index (κ3) is 6.13. The zero-order valence-corrected chi connectivity index (χ0v) is 14.5. The third-order valence-corrected chi connectivity index (χ3v) is 4.66. The number of aliphatic hydroxyl groups is 1. The molecule has 0 aliphatic heterocycles. The Hall–Kier alpha value is -1.10. The van der Waals surface area contributed by atoms with Crippen LogP contribution in [0.2, 0.25) is 0 Å². The van der Waals surface area contributed by atoms with Gasteiger partial charge in [-0.05, 0) is 37.1 Å². The fraction of sp³-hybridized carbons (Fsp3) is 0.684. The van der Waals surface area contributed by atoms with Crippen LogP contribution in [0.3, 0.4) is 0 Å². The topological polar surface area (TPSA) is 41.9 Å². The molecule has 130 valence electrons. The summed E-state index contributed by atoms with van der Waals surface area (Å²) in [4.78, 5) is 2.42. The normalized spacial score (nSPS) is 17.4. The van der Waals surface area contributed by atoms with Crippen LogP contribution in [-0.4, -0.2) is 49.0 Å². The number of benzene rings is 1. The molecule has 0 saturated heterocycles. The molecule has 4 heteroatoms. The van der Waals surface area contributed by atoms with Gasteiger partial charge >= 0.3 is 0 Å². The van der Waals surface area contributed by atoms with Gasteiger partial charge in [0.05, 0.1) is 26.4 Å². The van der Waals surface area contributed by atoms with Crippen LogP contribution in [0.4, 0.5) is 0 Å². The summed E-state index contributed by atoms with van der Waals surface area (Å²) in [5.41, 5.74) is 1.07. The molecule has 1 N–H and O–H groups in total. The van der Waals surface area contributed by atoms with E-state index in [2.05, 4.69) is 11.8 Å². The second-order valence-electron chi connectivity index (χ2n) is 6.40. The molecule has 0 bridgehead atoms. The summed E-state index contributed by atoms with van der Waals surface area (Å²) in [5, 5.41) is 10.3. The summed E-state index contributed by atoms with van der Waals surface area (Å²) in [6.07, 6.45) is 6.12. The minimum Gasteiger partial charge on any atom is -0.497 e. The van der Waals surface area contributed by atoms with Crippen molar-refractivity contribution in [2.45, 2.75) is 57.8 Å². The van der Waals surface area contributed by atoms with Crippen molar-refractivity contribution in [3.05, 3.63) is 29.8 Å². The van der Waals surface area contributed by atoms with E-state index in [1.165, 1.54) is 32.1 Å². The second kappa shape index (κ2) is 9.91. The lowest BCUT2D eigenvalue weighted by atomic mass is 9.94. The maximum Gasteiger partial charge on any atom is 0.119 e. The summed E-state index contributed by atoms with van der Waals surface area (Å²) in [6, 6.07) is 8.49. The first-order chi connectivity index (χ1) is 11.2. The zero-order valence-electron chi connectivity index (χ0n) is 14.5. The first-order valence-corrected chi connectivity index (χ1v) is 8.85. The second-order valence-corrected chi connectivity index (χ2v) is 6.40. The Kier molecular flexibility index (Phi) is 7.86. The van der Waals surface area contributed by atoms with E-state index in [4.69, 9.17) is 9.47 Å².